The van der Waals surface area contributed by atoms with Crippen LogP contribution in [0.25, 0.3) is 11.0 Å². The first kappa shape index (κ1) is 28.8. The van der Waals surface area contributed by atoms with E-state index >= 15 is 0 Å². The summed E-state index contributed by atoms with van der Waals surface area (Å²) in [6.07, 6.45) is 1.04. The van der Waals surface area contributed by atoms with E-state index in [2.05, 4.69) is 15.3 Å². The van der Waals surface area contributed by atoms with Crippen molar-refractivity contribution in [2.24, 2.45) is 0 Å². The van der Waals surface area contributed by atoms with E-state index in [1.807, 2.05) is 30.3 Å². The van der Waals surface area contributed by atoms with E-state index in [1.54, 1.807) is 20.8 Å². The Morgan fingerprint density at radius 1 is 1.10 bits per heavy atom. The van der Waals surface area contributed by atoms with Crippen molar-refractivity contribution in [1.82, 2.24) is 19.8 Å². The SMILES string of the molecule is CC(C)(C)OC(=O)N[C@@H](Cc1ccccc1)[C@H](O)CN(OC1CCCC1)S(=O)(=O)c1ccc2[nH]c(=O)[nH]c2c1. The summed E-state index contributed by atoms with van der Waals surface area (Å²) >= 11 is 0. The molecule has 0 saturated heterocycles. The lowest BCUT2D eigenvalue weighted by Crippen LogP contribution is -2.51. The molecule has 11 nitrogen and oxygen atoms in total. The largest absolute Gasteiger partial charge is 0.444 e. The molecule has 12 heteroatoms. The van der Waals surface area contributed by atoms with Gasteiger partial charge in [0, 0.05) is 0 Å². The van der Waals surface area contributed by atoms with Gasteiger partial charge in [0.2, 0.25) is 0 Å². The van der Waals surface area contributed by atoms with Crippen LogP contribution in [0.15, 0.2) is 58.2 Å². The standard InChI is InChI=1S/C27H36N4O7S/c1-27(2,3)37-26(34)30-23(15-18-9-5-4-6-10-18)24(32)17-31(38-19-11-7-8-12-19)39(35,36)20-13-14-21-22(16-20)29-25(33)28-21/h4-6,9-10,13-14,16,19,23-24,32H,7-8,11-12,15,17H2,1-3H3,(H,30,34)(H2,28,29,33)/t23-,24+/m0/s1. The highest BCUT2D eigenvalue weighted by molar-refractivity contribution is 7.89. The molecule has 0 bridgehead atoms. The van der Waals surface area contributed by atoms with E-state index in [4.69, 9.17) is 9.57 Å². The van der Waals surface area contributed by atoms with Crippen LogP contribution in [0, 0.1) is 0 Å². The number of sulfonamides is 1. The Morgan fingerprint density at radius 2 is 1.77 bits per heavy atom. The number of H-pyrrole nitrogens is 2. The number of aliphatic hydroxyl groups is 1. The molecule has 2 atom stereocenters. The van der Waals surface area contributed by atoms with Crippen molar-refractivity contribution >= 4 is 27.1 Å². The average molecular weight is 561 g/mol. The Hall–Kier alpha value is -3.19. The number of carbonyl (C=O) groups excluding carboxylic acids is 1. The van der Waals surface area contributed by atoms with Crippen molar-refractivity contribution < 1.29 is 27.9 Å². The summed E-state index contributed by atoms with van der Waals surface area (Å²) < 4.78 is 33.8. The number of imidazole rings is 1. The molecular weight excluding hydrogens is 524 g/mol. The fourth-order valence-corrected chi connectivity index (χ4v) is 5.86. The molecule has 212 valence electrons. The van der Waals surface area contributed by atoms with E-state index in [-0.39, 0.29) is 17.4 Å². The molecule has 2 aromatic carbocycles. The maximum absolute atomic E-state index is 13.8. The second-order valence-electron chi connectivity index (χ2n) is 10.8. The van der Waals surface area contributed by atoms with Gasteiger partial charge in [-0.25, -0.2) is 18.0 Å². The molecule has 4 N–H and O–H groups in total. The maximum atomic E-state index is 13.8. The number of aliphatic hydroxyl groups excluding tert-OH is 1. The molecule has 1 aromatic heterocycles. The maximum Gasteiger partial charge on any atom is 0.407 e. The zero-order chi connectivity index (χ0) is 28.2. The molecule has 1 aliphatic carbocycles. The smallest absolute Gasteiger partial charge is 0.407 e. The molecule has 3 aromatic rings. The van der Waals surface area contributed by atoms with Crippen LogP contribution in [0.4, 0.5) is 4.79 Å². The number of aromatic amines is 2. The summed E-state index contributed by atoms with van der Waals surface area (Å²) in [4.78, 5) is 35.3. The molecule has 0 spiro atoms. The van der Waals surface area contributed by atoms with Gasteiger partial charge in [-0.2, -0.15) is 0 Å². The van der Waals surface area contributed by atoms with Crippen LogP contribution < -0.4 is 11.0 Å². The van der Waals surface area contributed by atoms with E-state index in [1.165, 1.54) is 18.2 Å². The van der Waals surface area contributed by atoms with Crippen LogP contribution in [0.3, 0.4) is 0 Å². The number of amides is 1. The number of nitrogens with one attached hydrogen (secondary N) is 3. The number of aromatic nitrogens is 2. The van der Waals surface area contributed by atoms with Gasteiger partial charge in [0.05, 0.1) is 40.7 Å². The van der Waals surface area contributed by atoms with Gasteiger partial charge in [0.15, 0.2) is 0 Å². The predicted octanol–water partition coefficient (Wildman–Crippen LogP) is 3.22. The van der Waals surface area contributed by atoms with Crippen molar-refractivity contribution in [3.8, 4) is 0 Å². The molecular formula is C27H36N4O7S. The van der Waals surface area contributed by atoms with Crippen LogP contribution in [0.5, 0.6) is 0 Å². The number of ether oxygens (including phenoxy) is 1. The molecule has 1 saturated carbocycles. The molecule has 1 aliphatic rings. The minimum Gasteiger partial charge on any atom is -0.444 e. The van der Waals surface area contributed by atoms with E-state index in [0.29, 0.717) is 23.9 Å². The number of benzene rings is 2. The molecule has 0 radical (unpaired) electrons. The number of hydrogen-bond donors (Lipinski definition) is 4. The van der Waals surface area contributed by atoms with Crippen molar-refractivity contribution in [3.05, 3.63) is 64.6 Å². The van der Waals surface area contributed by atoms with Crippen LogP contribution in [0.1, 0.15) is 52.0 Å². The number of rotatable bonds is 10. The topological polar surface area (TPSA) is 154 Å². The molecule has 1 fully saturated rings. The first-order valence-corrected chi connectivity index (χ1v) is 14.5. The van der Waals surface area contributed by atoms with Gasteiger partial charge in [0.25, 0.3) is 10.0 Å². The van der Waals surface area contributed by atoms with Gasteiger partial charge in [-0.3, -0.25) is 4.84 Å². The zero-order valence-electron chi connectivity index (χ0n) is 22.3. The fourth-order valence-electron chi connectivity index (χ4n) is 4.54. The number of hydrogen-bond acceptors (Lipinski definition) is 7. The summed E-state index contributed by atoms with van der Waals surface area (Å²) in [6, 6.07) is 12.6. The molecule has 0 aliphatic heterocycles. The van der Waals surface area contributed by atoms with Gasteiger partial charge in [-0.05, 0) is 63.8 Å². The van der Waals surface area contributed by atoms with Gasteiger partial charge in [-0.1, -0.05) is 47.6 Å². The Kier molecular flexibility index (Phi) is 8.80. The summed E-state index contributed by atoms with van der Waals surface area (Å²) in [6.45, 7) is 4.75. The van der Waals surface area contributed by atoms with Crippen LogP contribution in [-0.4, -0.2) is 64.4 Å². The van der Waals surface area contributed by atoms with Gasteiger partial charge >= 0.3 is 11.8 Å². The predicted molar refractivity (Wildman–Crippen MR) is 145 cm³/mol. The minimum absolute atomic E-state index is 0.102. The number of fused-ring (bicyclic) bond motifs is 1. The van der Waals surface area contributed by atoms with Crippen LogP contribution >= 0.6 is 0 Å². The molecule has 1 heterocycles. The third-order valence-electron chi connectivity index (χ3n) is 6.42. The van der Waals surface area contributed by atoms with Gasteiger partial charge < -0.3 is 25.1 Å². The summed E-state index contributed by atoms with van der Waals surface area (Å²) in [5, 5.41) is 14.0. The second-order valence-corrected chi connectivity index (χ2v) is 12.6. The average Bonchev–Trinajstić information content (AvgIpc) is 3.50. The van der Waals surface area contributed by atoms with Crippen LogP contribution in [0.2, 0.25) is 0 Å². The van der Waals surface area contributed by atoms with Crippen molar-refractivity contribution in [3.63, 3.8) is 0 Å². The third kappa shape index (κ3) is 7.69. The quantitative estimate of drug-likeness (QED) is 0.278. The number of nitrogens with zero attached hydrogens (tertiary/aromatic N) is 1. The number of alkyl carbamates (subject to hydrolysis) is 1. The lowest BCUT2D eigenvalue weighted by Gasteiger charge is -2.31. The van der Waals surface area contributed by atoms with Gasteiger partial charge in [0.1, 0.15) is 5.60 Å². The molecule has 39 heavy (non-hydrogen) atoms. The monoisotopic (exact) mass is 560 g/mol. The Balaban J connectivity index is 1.62. The van der Waals surface area contributed by atoms with Crippen molar-refractivity contribution in [2.75, 3.05) is 6.54 Å². The first-order valence-electron chi connectivity index (χ1n) is 13.0. The Morgan fingerprint density at radius 3 is 2.44 bits per heavy atom. The summed E-state index contributed by atoms with van der Waals surface area (Å²) in [7, 11) is -4.26. The highest BCUT2D eigenvalue weighted by Crippen LogP contribution is 2.27. The third-order valence-corrected chi connectivity index (χ3v) is 8.04. The van der Waals surface area contributed by atoms with Crippen molar-refractivity contribution in [1.29, 1.82) is 0 Å². The van der Waals surface area contributed by atoms with E-state index < -0.39 is 46.1 Å². The summed E-state index contributed by atoms with van der Waals surface area (Å²) in [5.41, 5.74) is 0.421. The fraction of sp³-hybridized carbons (Fsp3) is 0.481. The lowest BCUT2D eigenvalue weighted by atomic mass is 10.0. The van der Waals surface area contributed by atoms with Gasteiger partial charge in [-0.15, -0.1) is 0 Å². The summed E-state index contributed by atoms with van der Waals surface area (Å²) in [5.74, 6) is 0. The first-order chi connectivity index (χ1) is 18.4. The lowest BCUT2D eigenvalue weighted by molar-refractivity contribution is -0.145. The highest BCUT2D eigenvalue weighted by Gasteiger charge is 2.35. The number of hydroxylamine groups is 1. The van der Waals surface area contributed by atoms with Crippen molar-refractivity contribution in [2.45, 2.75) is 81.6 Å². The molecule has 0 unspecified atom stereocenters. The highest BCUT2D eigenvalue weighted by atomic mass is 32.2. The Bertz CT molecular complexity index is 1420. The minimum atomic E-state index is -4.26. The molecule has 1 amide bonds. The second kappa shape index (κ2) is 11.9. The van der Waals surface area contributed by atoms with Crippen LogP contribution in [-0.2, 0) is 26.0 Å². The molecule has 4 rings (SSSR count). The Labute approximate surface area is 227 Å². The number of carbonyl (C=O) groups is 1. The van der Waals surface area contributed by atoms with E-state index in [9.17, 15) is 23.1 Å². The normalized spacial score (nSPS) is 16.4. The zero-order valence-corrected chi connectivity index (χ0v) is 23.2. The van der Waals surface area contributed by atoms with E-state index in [0.717, 1.165) is 22.9 Å².